The number of aliphatic hydroxyl groups is 1. The Morgan fingerprint density at radius 3 is 2.85 bits per heavy atom. The van der Waals surface area contributed by atoms with E-state index in [9.17, 15) is 5.11 Å². The molecule has 0 amide bonds. The summed E-state index contributed by atoms with van der Waals surface area (Å²) in [6, 6.07) is 10.2. The molecule has 0 radical (unpaired) electrons. The van der Waals surface area contributed by atoms with Gasteiger partial charge in [0.1, 0.15) is 0 Å². The predicted molar refractivity (Wildman–Crippen MR) is 75.2 cm³/mol. The van der Waals surface area contributed by atoms with Crippen molar-refractivity contribution in [3.63, 3.8) is 0 Å². The van der Waals surface area contributed by atoms with E-state index in [0.717, 1.165) is 3.93 Å². The van der Waals surface area contributed by atoms with Gasteiger partial charge in [0.05, 0.1) is 0 Å². The molecule has 0 aromatic heterocycles. The van der Waals surface area contributed by atoms with Crippen molar-refractivity contribution in [3.8, 4) is 0 Å². The maximum atomic E-state index is 9.55. The topological polar surface area (TPSA) is 38.7 Å². The molecule has 4 atom stereocenters. The van der Waals surface area contributed by atoms with Gasteiger partial charge in [-0.1, -0.05) is 0 Å². The van der Waals surface area contributed by atoms with Gasteiger partial charge in [0, 0.05) is 0 Å². The quantitative estimate of drug-likeness (QED) is 0.604. The van der Waals surface area contributed by atoms with Crippen molar-refractivity contribution in [1.29, 1.82) is 0 Å². The molecule has 1 fully saturated rings. The number of aliphatic hydroxyl groups excluding tert-OH is 1. The van der Waals surface area contributed by atoms with Crippen LogP contribution >= 0.6 is 8.25 Å². The van der Waals surface area contributed by atoms with Crippen molar-refractivity contribution >= 4 is 8.25 Å². The van der Waals surface area contributed by atoms with Crippen LogP contribution in [0.3, 0.4) is 0 Å². The van der Waals surface area contributed by atoms with Crippen LogP contribution in [0.4, 0.5) is 0 Å². The molecule has 0 aliphatic carbocycles. The van der Waals surface area contributed by atoms with E-state index in [4.69, 9.17) is 17.7 Å². The molecule has 1 N–H and O–H groups in total. The summed E-state index contributed by atoms with van der Waals surface area (Å²) in [4.78, 5) is 0. The molecule has 2 rings (SSSR count). The van der Waals surface area contributed by atoms with Crippen molar-refractivity contribution < 1.29 is 37.9 Å². The van der Waals surface area contributed by atoms with Gasteiger partial charge in [0.15, 0.2) is 0 Å². The van der Waals surface area contributed by atoms with E-state index < -0.39 is 23.3 Å². The molecular weight excluding hydrogens is 464 g/mol. The van der Waals surface area contributed by atoms with Crippen molar-refractivity contribution in [2.75, 3.05) is 13.2 Å². The van der Waals surface area contributed by atoms with Crippen LogP contribution in [-0.4, -0.2) is 30.5 Å². The summed E-state index contributed by atoms with van der Waals surface area (Å²) < 4.78 is 12.9. The Morgan fingerprint density at radius 2 is 2.20 bits per heavy atom. The van der Waals surface area contributed by atoms with Gasteiger partial charge in [-0.2, -0.15) is 0 Å². The maximum absolute atomic E-state index is 9.55. The summed E-state index contributed by atoms with van der Waals surface area (Å²) in [5.74, 6) is 0.518. The third-order valence-corrected chi connectivity index (χ3v) is 9.55. The standard InChI is InChI=1S/C15H21O3.ClH.Hg/c1-11(8-16)14-15(12(2)9-17-14)18-10-13-6-4-3-5-7-13;;/h3-7,11-12,14-16H,1,8-10H2,2H3;1H;/q;;+1/p-1/t11-,12-,14-,15-;;/m1../s1. The third-order valence-electron chi connectivity index (χ3n) is 3.90. The molecule has 0 bridgehead atoms. The Hall–Kier alpha value is 0.325. The molecule has 1 aromatic rings. The van der Waals surface area contributed by atoms with Gasteiger partial charge >= 0.3 is 137 Å². The molecule has 1 aliphatic rings. The first-order valence-electron chi connectivity index (χ1n) is 7.20. The molecule has 1 aromatic carbocycles. The summed E-state index contributed by atoms with van der Waals surface area (Å²) in [6.07, 6.45) is 0.0569. The summed E-state index contributed by atoms with van der Waals surface area (Å²) in [5.41, 5.74) is 1.17. The van der Waals surface area contributed by atoms with Crippen LogP contribution in [0.1, 0.15) is 12.5 Å². The fraction of sp³-hybridized carbons (Fsp3) is 0.600. The Kier molecular flexibility index (Phi) is 7.25. The average molecular weight is 485 g/mol. The molecule has 0 saturated carbocycles. The number of halogens is 1. The molecule has 1 heterocycles. The van der Waals surface area contributed by atoms with Crippen LogP contribution in [0.5, 0.6) is 0 Å². The van der Waals surface area contributed by atoms with Gasteiger partial charge in [-0.3, -0.25) is 0 Å². The predicted octanol–water partition coefficient (Wildman–Crippen LogP) is 2.87. The SMILES string of the molecule is C[C@@H]1CO[C@H]([C@@H](CO)[CH2][Hg][Cl])[C@@H]1OCc1ccccc1. The Bertz CT molecular complexity index is 390. The van der Waals surface area contributed by atoms with Gasteiger partial charge in [-0.15, -0.1) is 0 Å². The first-order valence-corrected chi connectivity index (χ1v) is 17.9. The van der Waals surface area contributed by atoms with Crippen molar-refractivity contribution in [1.82, 2.24) is 0 Å². The zero-order chi connectivity index (χ0) is 14.4. The number of ether oxygens (including phenoxy) is 2. The molecular formula is C15H21ClHgO3. The second kappa shape index (κ2) is 8.69. The molecule has 1 aliphatic heterocycles. The molecule has 108 valence electrons. The number of benzene rings is 1. The number of hydrogen-bond donors (Lipinski definition) is 1. The third kappa shape index (κ3) is 4.41. The molecule has 1 saturated heterocycles. The van der Waals surface area contributed by atoms with Crippen LogP contribution in [0.25, 0.3) is 0 Å². The normalized spacial score (nSPS) is 27.2. The summed E-state index contributed by atoms with van der Waals surface area (Å²) in [7, 11) is 6.03. The fourth-order valence-electron chi connectivity index (χ4n) is 2.71. The second-order valence-corrected chi connectivity index (χ2v) is 12.5. The van der Waals surface area contributed by atoms with Crippen LogP contribution < -0.4 is 0 Å². The molecule has 0 unspecified atom stereocenters. The first-order chi connectivity index (χ1) is 9.76. The minimum atomic E-state index is -1.29. The molecule has 20 heavy (non-hydrogen) atoms. The van der Waals surface area contributed by atoms with E-state index in [1.165, 1.54) is 5.56 Å². The van der Waals surface area contributed by atoms with Gasteiger partial charge in [-0.25, -0.2) is 0 Å². The van der Waals surface area contributed by atoms with Gasteiger partial charge in [-0.05, 0) is 0 Å². The van der Waals surface area contributed by atoms with Crippen LogP contribution in [0.15, 0.2) is 30.3 Å². The van der Waals surface area contributed by atoms with Gasteiger partial charge in [0.25, 0.3) is 0 Å². The summed E-state index contributed by atoms with van der Waals surface area (Å²) in [6.45, 7) is 3.60. The Morgan fingerprint density at radius 1 is 1.45 bits per heavy atom. The van der Waals surface area contributed by atoms with E-state index in [-0.39, 0.29) is 24.7 Å². The van der Waals surface area contributed by atoms with E-state index in [1.54, 1.807) is 0 Å². The molecule has 0 spiro atoms. The van der Waals surface area contributed by atoms with Crippen molar-refractivity contribution in [2.24, 2.45) is 11.8 Å². The summed E-state index contributed by atoms with van der Waals surface area (Å²) >= 11 is -1.29. The number of rotatable bonds is 7. The van der Waals surface area contributed by atoms with Crippen molar-refractivity contribution in [2.45, 2.75) is 29.7 Å². The molecule has 3 nitrogen and oxygen atoms in total. The monoisotopic (exact) mass is 486 g/mol. The summed E-state index contributed by atoms with van der Waals surface area (Å²) in [5, 5.41) is 9.55. The second-order valence-electron chi connectivity index (χ2n) is 5.46. The van der Waals surface area contributed by atoms with Crippen LogP contribution in [0.2, 0.25) is 3.93 Å². The number of hydrogen-bond acceptors (Lipinski definition) is 3. The Labute approximate surface area is 136 Å². The van der Waals surface area contributed by atoms with Crippen LogP contribution in [-0.2, 0) is 39.4 Å². The first kappa shape index (κ1) is 16.7. The molecule has 5 heteroatoms. The van der Waals surface area contributed by atoms with E-state index in [1.807, 2.05) is 18.2 Å². The Balaban J connectivity index is 1.96. The van der Waals surface area contributed by atoms with E-state index in [2.05, 4.69) is 19.1 Å². The van der Waals surface area contributed by atoms with Crippen molar-refractivity contribution in [3.05, 3.63) is 35.9 Å². The average Bonchev–Trinajstić information content (AvgIpc) is 2.84. The zero-order valence-corrected chi connectivity index (χ0v) is 18.1. The minimum absolute atomic E-state index is 0.00235. The van der Waals surface area contributed by atoms with Gasteiger partial charge in [0.2, 0.25) is 0 Å². The zero-order valence-electron chi connectivity index (χ0n) is 11.9. The van der Waals surface area contributed by atoms with Gasteiger partial charge < -0.3 is 0 Å². The van der Waals surface area contributed by atoms with E-state index in [0.29, 0.717) is 19.1 Å². The van der Waals surface area contributed by atoms with Crippen LogP contribution in [0, 0.1) is 11.8 Å². The fourth-order valence-corrected chi connectivity index (χ4v) is 8.24. The van der Waals surface area contributed by atoms with E-state index >= 15 is 0 Å².